The Bertz CT molecular complexity index is 432. The normalized spacial score (nSPS) is 22.2. The molecule has 21 heavy (non-hydrogen) atoms. The molecule has 0 atom stereocenters. The van der Waals surface area contributed by atoms with Crippen molar-refractivity contribution in [1.82, 2.24) is 14.8 Å². The zero-order valence-electron chi connectivity index (χ0n) is 13.2. The smallest absolute Gasteiger partial charge is 0.133 e. The molecule has 3 rings (SSSR count). The Hall–Kier alpha value is -1.13. The van der Waals surface area contributed by atoms with Crippen LogP contribution < -0.4 is 4.90 Å². The molecule has 0 spiro atoms. The van der Waals surface area contributed by atoms with Crippen molar-refractivity contribution in [2.45, 2.75) is 32.2 Å². The number of pyridine rings is 1. The van der Waals surface area contributed by atoms with Crippen molar-refractivity contribution in [2.75, 3.05) is 51.2 Å². The van der Waals surface area contributed by atoms with E-state index >= 15 is 0 Å². The molecular formula is C17H27N4. The number of piperazine rings is 1. The highest BCUT2D eigenvalue weighted by molar-refractivity contribution is 5.46. The van der Waals surface area contributed by atoms with E-state index in [1.165, 1.54) is 50.2 Å². The average molecular weight is 287 g/mol. The zero-order chi connectivity index (χ0) is 14.5. The van der Waals surface area contributed by atoms with Crippen LogP contribution in [0.25, 0.3) is 0 Å². The summed E-state index contributed by atoms with van der Waals surface area (Å²) in [6, 6.07) is 5.42. The van der Waals surface area contributed by atoms with E-state index in [0.29, 0.717) is 0 Å². The van der Waals surface area contributed by atoms with Gasteiger partial charge >= 0.3 is 0 Å². The Morgan fingerprint density at radius 1 is 1.00 bits per heavy atom. The highest BCUT2D eigenvalue weighted by atomic mass is 15.3. The number of aromatic nitrogens is 1. The fourth-order valence-electron chi connectivity index (χ4n) is 3.29. The molecule has 2 saturated heterocycles. The summed E-state index contributed by atoms with van der Waals surface area (Å²) in [7, 11) is 2.20. The fourth-order valence-corrected chi connectivity index (χ4v) is 3.29. The molecule has 0 bridgehead atoms. The van der Waals surface area contributed by atoms with Crippen LogP contribution in [0.2, 0.25) is 0 Å². The molecular weight excluding hydrogens is 260 g/mol. The number of rotatable bonds is 3. The summed E-state index contributed by atoms with van der Waals surface area (Å²) >= 11 is 0. The molecule has 1 radical (unpaired) electrons. The van der Waals surface area contributed by atoms with Crippen LogP contribution in [0, 0.1) is 6.07 Å². The van der Waals surface area contributed by atoms with Crippen LogP contribution in [-0.4, -0.2) is 61.1 Å². The Morgan fingerprint density at radius 3 is 2.43 bits per heavy atom. The van der Waals surface area contributed by atoms with Crippen LogP contribution in [0.15, 0.2) is 12.3 Å². The van der Waals surface area contributed by atoms with Crippen LogP contribution in [0.5, 0.6) is 0 Å². The summed E-state index contributed by atoms with van der Waals surface area (Å²) in [5.74, 6) is 1.18. The van der Waals surface area contributed by atoms with Crippen LogP contribution >= 0.6 is 0 Å². The van der Waals surface area contributed by atoms with Crippen molar-refractivity contribution in [3.8, 4) is 0 Å². The molecule has 115 valence electrons. The van der Waals surface area contributed by atoms with Gasteiger partial charge in [-0.15, -0.1) is 0 Å². The van der Waals surface area contributed by atoms with Gasteiger partial charge in [0.05, 0.1) is 0 Å². The predicted molar refractivity (Wildman–Crippen MR) is 86.5 cm³/mol. The standard InChI is InChI=1S/C17H27N4/c1-19-11-13-20(14-12-19)15-16-7-6-8-18-17(16)21-9-4-2-3-5-10-21/h6,8H,2-5,9-15H2,1H3. The second kappa shape index (κ2) is 7.23. The van der Waals surface area contributed by atoms with E-state index in [1.54, 1.807) is 0 Å². The van der Waals surface area contributed by atoms with Crippen molar-refractivity contribution < 1.29 is 0 Å². The monoisotopic (exact) mass is 287 g/mol. The van der Waals surface area contributed by atoms with Gasteiger partial charge in [0, 0.05) is 57.6 Å². The molecule has 0 saturated carbocycles. The number of anilines is 1. The van der Waals surface area contributed by atoms with Gasteiger partial charge in [-0.25, -0.2) is 4.98 Å². The largest absolute Gasteiger partial charge is 0.356 e. The van der Waals surface area contributed by atoms with Gasteiger partial charge in [0.2, 0.25) is 0 Å². The van der Waals surface area contributed by atoms with E-state index in [4.69, 9.17) is 0 Å². The van der Waals surface area contributed by atoms with Crippen LogP contribution in [-0.2, 0) is 6.54 Å². The maximum Gasteiger partial charge on any atom is 0.133 e. The average Bonchev–Trinajstić information content (AvgIpc) is 2.79. The molecule has 0 aromatic carbocycles. The maximum absolute atomic E-state index is 4.68. The Balaban J connectivity index is 1.69. The second-order valence-electron chi connectivity index (χ2n) is 6.37. The van der Waals surface area contributed by atoms with Crippen LogP contribution in [0.1, 0.15) is 31.2 Å². The minimum Gasteiger partial charge on any atom is -0.356 e. The first-order valence-corrected chi connectivity index (χ1v) is 8.34. The zero-order valence-corrected chi connectivity index (χ0v) is 13.2. The van der Waals surface area contributed by atoms with E-state index in [0.717, 1.165) is 32.7 Å². The molecule has 4 nitrogen and oxygen atoms in total. The van der Waals surface area contributed by atoms with E-state index < -0.39 is 0 Å². The highest BCUT2D eigenvalue weighted by Crippen LogP contribution is 2.22. The SMILES string of the molecule is CN1CCN(Cc2[c]ccnc2N2CCCCCC2)CC1. The van der Waals surface area contributed by atoms with Gasteiger partial charge < -0.3 is 9.80 Å². The van der Waals surface area contributed by atoms with Crippen molar-refractivity contribution in [2.24, 2.45) is 0 Å². The van der Waals surface area contributed by atoms with Gasteiger partial charge in [0.25, 0.3) is 0 Å². The maximum atomic E-state index is 4.68. The number of likely N-dealkylation sites (N-methyl/N-ethyl adjacent to an activating group) is 1. The molecule has 0 N–H and O–H groups in total. The second-order valence-corrected chi connectivity index (χ2v) is 6.37. The van der Waals surface area contributed by atoms with Gasteiger partial charge in [-0.3, -0.25) is 4.90 Å². The third kappa shape index (κ3) is 3.95. The topological polar surface area (TPSA) is 22.6 Å². The summed E-state index contributed by atoms with van der Waals surface area (Å²) in [6.07, 6.45) is 7.21. The molecule has 2 fully saturated rings. The van der Waals surface area contributed by atoms with Gasteiger partial charge in [-0.2, -0.15) is 0 Å². The first kappa shape index (κ1) is 14.8. The van der Waals surface area contributed by atoms with E-state index in [-0.39, 0.29) is 0 Å². The number of hydrogen-bond donors (Lipinski definition) is 0. The van der Waals surface area contributed by atoms with Crippen molar-refractivity contribution in [1.29, 1.82) is 0 Å². The summed E-state index contributed by atoms with van der Waals surface area (Å²) < 4.78 is 0. The lowest BCUT2D eigenvalue weighted by Gasteiger charge is -2.33. The first-order valence-electron chi connectivity index (χ1n) is 8.34. The molecule has 2 aliphatic rings. The van der Waals surface area contributed by atoms with Crippen LogP contribution in [0.4, 0.5) is 5.82 Å². The molecule has 1 aromatic heterocycles. The Kier molecular flexibility index (Phi) is 5.09. The molecule has 0 amide bonds. The summed E-state index contributed by atoms with van der Waals surface area (Å²) in [4.78, 5) is 12.1. The van der Waals surface area contributed by atoms with Gasteiger partial charge in [-0.05, 0) is 32.0 Å². The van der Waals surface area contributed by atoms with E-state index in [9.17, 15) is 0 Å². The summed E-state index contributed by atoms with van der Waals surface area (Å²) in [5.41, 5.74) is 1.28. The molecule has 4 heteroatoms. The molecule has 1 aromatic rings. The van der Waals surface area contributed by atoms with Crippen molar-refractivity contribution >= 4 is 5.82 Å². The first-order chi connectivity index (χ1) is 10.3. The van der Waals surface area contributed by atoms with Crippen LogP contribution in [0.3, 0.4) is 0 Å². The van der Waals surface area contributed by atoms with Gasteiger partial charge in [0.15, 0.2) is 0 Å². The lowest BCUT2D eigenvalue weighted by atomic mass is 10.2. The quantitative estimate of drug-likeness (QED) is 0.848. The minimum absolute atomic E-state index is 0.994. The third-order valence-corrected chi connectivity index (χ3v) is 4.68. The van der Waals surface area contributed by atoms with Gasteiger partial charge in [0.1, 0.15) is 5.82 Å². The summed E-state index contributed by atoms with van der Waals surface area (Å²) in [6.45, 7) is 7.94. The third-order valence-electron chi connectivity index (χ3n) is 4.68. The predicted octanol–water partition coefficient (Wildman–Crippen LogP) is 2.01. The number of nitrogens with zero attached hydrogens (tertiary/aromatic N) is 4. The molecule has 0 aliphatic carbocycles. The van der Waals surface area contributed by atoms with Gasteiger partial charge in [-0.1, -0.05) is 12.8 Å². The van der Waals surface area contributed by atoms with E-state index in [1.807, 2.05) is 12.3 Å². The van der Waals surface area contributed by atoms with Crippen molar-refractivity contribution in [3.63, 3.8) is 0 Å². The molecule has 3 heterocycles. The molecule has 0 unspecified atom stereocenters. The Morgan fingerprint density at radius 2 is 1.71 bits per heavy atom. The van der Waals surface area contributed by atoms with E-state index in [2.05, 4.69) is 32.8 Å². The lowest BCUT2D eigenvalue weighted by molar-refractivity contribution is 0.148. The van der Waals surface area contributed by atoms with Crippen molar-refractivity contribution in [3.05, 3.63) is 23.9 Å². The fraction of sp³-hybridized carbons (Fsp3) is 0.706. The lowest BCUT2D eigenvalue weighted by Crippen LogP contribution is -2.44. The summed E-state index contributed by atoms with van der Waals surface area (Å²) in [5, 5.41) is 0. The minimum atomic E-state index is 0.994. The molecule has 2 aliphatic heterocycles. The Labute approximate surface area is 128 Å². The highest BCUT2D eigenvalue weighted by Gasteiger charge is 2.19. The number of hydrogen-bond acceptors (Lipinski definition) is 4.